The normalized spacial score (nSPS) is 12.5. The number of nitrogens with zero attached hydrogens (tertiary/aromatic N) is 1. The molecule has 0 fully saturated rings. The molecule has 3 aromatic rings. The summed E-state index contributed by atoms with van der Waals surface area (Å²) in [7, 11) is 0. The van der Waals surface area contributed by atoms with Crippen LogP contribution in [0, 0.1) is 0 Å². The highest BCUT2D eigenvalue weighted by atomic mass is 32.2. The molecule has 0 saturated heterocycles. The van der Waals surface area contributed by atoms with Crippen LogP contribution in [-0.2, 0) is 11.2 Å². The van der Waals surface area contributed by atoms with E-state index in [1.165, 1.54) is 17.3 Å². The minimum Gasteiger partial charge on any atom is -0.322 e. The summed E-state index contributed by atoms with van der Waals surface area (Å²) in [6.45, 7) is 0.715. The zero-order chi connectivity index (χ0) is 20.9. The van der Waals surface area contributed by atoms with E-state index in [4.69, 9.17) is 0 Å². The van der Waals surface area contributed by atoms with E-state index < -0.39 is 0 Å². The molecule has 3 aromatic carbocycles. The highest BCUT2D eigenvalue weighted by molar-refractivity contribution is 8.00. The summed E-state index contributed by atoms with van der Waals surface area (Å²) in [5, 5.41) is 2.97. The fourth-order valence-corrected chi connectivity index (χ4v) is 4.88. The molecule has 4 nitrogen and oxygen atoms in total. The third kappa shape index (κ3) is 4.55. The zero-order valence-electron chi connectivity index (χ0n) is 16.6. The number of nitrogens with one attached hydrogen (secondary N) is 1. The Morgan fingerprint density at radius 3 is 2.67 bits per heavy atom. The van der Waals surface area contributed by atoms with E-state index in [0.717, 1.165) is 27.6 Å². The molecule has 2 amide bonds. The van der Waals surface area contributed by atoms with Gasteiger partial charge in [0.15, 0.2) is 0 Å². The van der Waals surface area contributed by atoms with Crippen molar-refractivity contribution < 1.29 is 9.59 Å². The maximum absolute atomic E-state index is 12.9. The van der Waals surface area contributed by atoms with Crippen LogP contribution in [0.1, 0.15) is 15.9 Å². The third-order valence-electron chi connectivity index (χ3n) is 5.00. The highest BCUT2D eigenvalue weighted by Gasteiger charge is 2.24. The number of carbonyl (C=O) groups excluding carboxylic acids is 2. The smallest absolute Gasteiger partial charge is 0.256 e. The summed E-state index contributed by atoms with van der Waals surface area (Å²) in [6, 6.07) is 23.2. The van der Waals surface area contributed by atoms with E-state index in [9.17, 15) is 9.59 Å². The van der Waals surface area contributed by atoms with Gasteiger partial charge in [0.2, 0.25) is 5.91 Å². The first-order valence-corrected chi connectivity index (χ1v) is 11.9. The lowest BCUT2D eigenvalue weighted by Gasteiger charge is -2.17. The number of benzene rings is 3. The van der Waals surface area contributed by atoms with Crippen LogP contribution < -0.4 is 10.2 Å². The number of rotatable bonds is 6. The molecule has 0 aliphatic carbocycles. The first-order valence-electron chi connectivity index (χ1n) is 9.71. The van der Waals surface area contributed by atoms with E-state index >= 15 is 0 Å². The number of hydrogen-bond donors (Lipinski definition) is 1. The Balaban J connectivity index is 1.44. The first-order chi connectivity index (χ1) is 14.7. The minimum absolute atomic E-state index is 0.0628. The third-order valence-corrected chi connectivity index (χ3v) is 6.78. The van der Waals surface area contributed by atoms with E-state index in [2.05, 4.69) is 11.4 Å². The lowest BCUT2D eigenvalue weighted by molar-refractivity contribution is -0.116. The maximum Gasteiger partial charge on any atom is 0.256 e. The van der Waals surface area contributed by atoms with Crippen molar-refractivity contribution in [1.82, 2.24) is 0 Å². The van der Waals surface area contributed by atoms with Gasteiger partial charge >= 0.3 is 0 Å². The molecule has 0 atom stereocenters. The van der Waals surface area contributed by atoms with Crippen molar-refractivity contribution in [2.75, 3.05) is 28.8 Å². The van der Waals surface area contributed by atoms with E-state index in [0.29, 0.717) is 17.9 Å². The van der Waals surface area contributed by atoms with Crippen LogP contribution in [-0.4, -0.2) is 30.4 Å². The predicted octanol–water partition coefficient (Wildman–Crippen LogP) is 5.34. The second-order valence-corrected chi connectivity index (χ2v) is 8.79. The van der Waals surface area contributed by atoms with Gasteiger partial charge in [0.05, 0.1) is 11.3 Å². The molecule has 1 aliphatic heterocycles. The van der Waals surface area contributed by atoms with Crippen LogP contribution >= 0.6 is 23.5 Å². The fourth-order valence-electron chi connectivity index (χ4n) is 3.49. The Hall–Kier alpha value is -2.70. The highest BCUT2D eigenvalue weighted by Crippen LogP contribution is 2.30. The molecule has 0 unspecified atom stereocenters. The van der Waals surface area contributed by atoms with E-state index in [-0.39, 0.29) is 11.8 Å². The van der Waals surface area contributed by atoms with Crippen molar-refractivity contribution in [3.63, 3.8) is 0 Å². The average molecular weight is 435 g/mol. The molecule has 152 valence electrons. The number of amides is 2. The Morgan fingerprint density at radius 1 is 1.00 bits per heavy atom. The van der Waals surface area contributed by atoms with Crippen LogP contribution in [0.25, 0.3) is 0 Å². The summed E-state index contributed by atoms with van der Waals surface area (Å²) in [5.74, 6) is 0.184. The van der Waals surface area contributed by atoms with Crippen LogP contribution in [0.15, 0.2) is 82.6 Å². The van der Waals surface area contributed by atoms with Crippen molar-refractivity contribution in [3.8, 4) is 0 Å². The van der Waals surface area contributed by atoms with Gasteiger partial charge in [-0.2, -0.15) is 0 Å². The fraction of sp³-hybridized carbons (Fsp3) is 0.167. The number of thioether (sulfide) groups is 2. The van der Waals surface area contributed by atoms with Crippen LogP contribution in [0.2, 0.25) is 0 Å². The number of para-hydroxylation sites is 1. The van der Waals surface area contributed by atoms with Crippen molar-refractivity contribution >= 4 is 46.7 Å². The van der Waals surface area contributed by atoms with Crippen molar-refractivity contribution in [3.05, 3.63) is 83.9 Å². The van der Waals surface area contributed by atoms with E-state index in [1.54, 1.807) is 17.8 Å². The number of hydrogen-bond acceptors (Lipinski definition) is 4. The van der Waals surface area contributed by atoms with Crippen LogP contribution in [0.3, 0.4) is 0 Å². The van der Waals surface area contributed by atoms with Gasteiger partial charge in [-0.3, -0.25) is 9.59 Å². The van der Waals surface area contributed by atoms with Crippen molar-refractivity contribution in [2.24, 2.45) is 0 Å². The Labute approximate surface area is 185 Å². The lowest BCUT2D eigenvalue weighted by Crippen LogP contribution is -2.30. The van der Waals surface area contributed by atoms with Gasteiger partial charge in [-0.25, -0.2) is 0 Å². The monoisotopic (exact) mass is 434 g/mol. The molecule has 0 spiro atoms. The second kappa shape index (κ2) is 9.41. The van der Waals surface area contributed by atoms with Gasteiger partial charge in [0.25, 0.3) is 5.91 Å². The summed E-state index contributed by atoms with van der Waals surface area (Å²) in [4.78, 5) is 29.4. The molecule has 6 heteroatoms. The molecule has 0 bridgehead atoms. The summed E-state index contributed by atoms with van der Waals surface area (Å²) in [6.07, 6.45) is 2.89. The number of anilines is 2. The first kappa shape index (κ1) is 20.6. The standard InChI is InChI=1S/C24H22N2O2S2/c1-29-19-9-6-8-18(15-19)25-24(28)20-10-3-5-12-22(20)30-16-23(27)26-14-13-17-7-2-4-11-21(17)26/h2-12,15H,13-14,16H2,1H3,(H,25,28). The summed E-state index contributed by atoms with van der Waals surface area (Å²) < 4.78 is 0. The topological polar surface area (TPSA) is 49.4 Å². The minimum atomic E-state index is -0.171. The molecule has 1 aliphatic rings. The molecule has 0 radical (unpaired) electrons. The average Bonchev–Trinajstić information content (AvgIpc) is 3.22. The van der Waals surface area contributed by atoms with Gasteiger partial charge in [0.1, 0.15) is 0 Å². The Kier molecular flexibility index (Phi) is 6.45. The van der Waals surface area contributed by atoms with Gasteiger partial charge < -0.3 is 10.2 Å². The van der Waals surface area contributed by atoms with Crippen molar-refractivity contribution in [1.29, 1.82) is 0 Å². The Bertz CT molecular complexity index is 1080. The maximum atomic E-state index is 12.9. The molecule has 30 heavy (non-hydrogen) atoms. The zero-order valence-corrected chi connectivity index (χ0v) is 18.3. The van der Waals surface area contributed by atoms with Gasteiger partial charge in [0, 0.05) is 27.7 Å². The SMILES string of the molecule is CSc1cccc(NC(=O)c2ccccc2SCC(=O)N2CCc3ccccc32)c1. The van der Waals surface area contributed by atoms with Crippen molar-refractivity contribution in [2.45, 2.75) is 16.2 Å². The van der Waals surface area contributed by atoms with E-state index in [1.807, 2.05) is 71.8 Å². The summed E-state index contributed by atoms with van der Waals surface area (Å²) >= 11 is 3.04. The molecule has 1 N–H and O–H groups in total. The van der Waals surface area contributed by atoms with Gasteiger partial charge in [-0.1, -0.05) is 36.4 Å². The van der Waals surface area contributed by atoms with Crippen LogP contribution in [0.5, 0.6) is 0 Å². The molecular weight excluding hydrogens is 412 g/mol. The molecule has 4 rings (SSSR count). The summed E-state index contributed by atoms with van der Waals surface area (Å²) in [5.41, 5.74) is 3.55. The second-order valence-electron chi connectivity index (χ2n) is 6.90. The quantitative estimate of drug-likeness (QED) is 0.532. The predicted molar refractivity (Wildman–Crippen MR) is 126 cm³/mol. The largest absolute Gasteiger partial charge is 0.322 e. The molecule has 0 saturated carbocycles. The molecule has 0 aromatic heterocycles. The van der Waals surface area contributed by atoms with Gasteiger partial charge in [-0.05, 0) is 54.6 Å². The molecule has 1 heterocycles. The van der Waals surface area contributed by atoms with Crippen LogP contribution in [0.4, 0.5) is 11.4 Å². The Morgan fingerprint density at radius 2 is 1.80 bits per heavy atom. The lowest BCUT2D eigenvalue weighted by atomic mass is 10.2. The molecular formula is C24H22N2O2S2. The van der Waals surface area contributed by atoms with Gasteiger partial charge in [-0.15, -0.1) is 23.5 Å². The number of carbonyl (C=O) groups is 2. The number of fused-ring (bicyclic) bond motifs is 1.